The standard InChI is InChI=1S/C16H12BrN3O2/c1-10(21)18-11-6-8-12(9-7-11)20-16(22)14-5-3-2-4-13(14)15(17)19-20/h2-9H,1H3,(H,18,21). The summed E-state index contributed by atoms with van der Waals surface area (Å²) >= 11 is 3.40. The number of amides is 1. The van der Waals surface area contributed by atoms with Gasteiger partial charge in [0, 0.05) is 18.0 Å². The van der Waals surface area contributed by atoms with E-state index in [0.717, 1.165) is 5.39 Å². The van der Waals surface area contributed by atoms with Crippen molar-refractivity contribution in [2.45, 2.75) is 6.92 Å². The molecule has 110 valence electrons. The monoisotopic (exact) mass is 357 g/mol. The summed E-state index contributed by atoms with van der Waals surface area (Å²) < 4.78 is 1.94. The van der Waals surface area contributed by atoms with E-state index in [0.29, 0.717) is 21.4 Å². The zero-order chi connectivity index (χ0) is 15.7. The topological polar surface area (TPSA) is 64.0 Å². The zero-order valence-electron chi connectivity index (χ0n) is 11.7. The Labute approximate surface area is 134 Å². The van der Waals surface area contributed by atoms with Crippen molar-refractivity contribution < 1.29 is 4.79 Å². The highest BCUT2D eigenvalue weighted by Gasteiger charge is 2.09. The van der Waals surface area contributed by atoms with Crippen LogP contribution in [0.3, 0.4) is 0 Å². The van der Waals surface area contributed by atoms with Gasteiger partial charge in [-0.15, -0.1) is 0 Å². The average molecular weight is 358 g/mol. The van der Waals surface area contributed by atoms with E-state index >= 15 is 0 Å². The van der Waals surface area contributed by atoms with Gasteiger partial charge in [0.2, 0.25) is 5.91 Å². The number of halogens is 1. The van der Waals surface area contributed by atoms with Crippen molar-refractivity contribution in [3.05, 3.63) is 63.5 Å². The second kappa shape index (κ2) is 5.73. The summed E-state index contributed by atoms with van der Waals surface area (Å²) in [6.45, 7) is 1.44. The number of anilines is 1. The summed E-state index contributed by atoms with van der Waals surface area (Å²) in [5.41, 5.74) is 1.11. The lowest BCUT2D eigenvalue weighted by Gasteiger charge is -2.09. The second-order valence-corrected chi connectivity index (χ2v) is 5.53. The fraction of sp³-hybridized carbons (Fsp3) is 0.0625. The van der Waals surface area contributed by atoms with E-state index in [9.17, 15) is 9.59 Å². The molecule has 0 atom stereocenters. The molecule has 0 aliphatic carbocycles. The van der Waals surface area contributed by atoms with Crippen LogP contribution in [0.2, 0.25) is 0 Å². The molecule has 0 aliphatic heterocycles. The minimum atomic E-state index is -0.189. The molecule has 0 fully saturated rings. The maximum Gasteiger partial charge on any atom is 0.279 e. The first kappa shape index (κ1) is 14.5. The first-order chi connectivity index (χ1) is 10.6. The Kier molecular flexibility index (Phi) is 3.77. The van der Waals surface area contributed by atoms with Crippen LogP contribution in [0, 0.1) is 0 Å². The third kappa shape index (κ3) is 2.65. The van der Waals surface area contributed by atoms with Gasteiger partial charge in [-0.25, -0.2) is 0 Å². The molecule has 1 heterocycles. The smallest absolute Gasteiger partial charge is 0.279 e. The zero-order valence-corrected chi connectivity index (χ0v) is 13.3. The summed E-state index contributed by atoms with van der Waals surface area (Å²) in [6, 6.07) is 14.2. The van der Waals surface area contributed by atoms with Crippen LogP contribution < -0.4 is 10.9 Å². The Morgan fingerprint density at radius 3 is 2.36 bits per heavy atom. The van der Waals surface area contributed by atoms with Crippen molar-refractivity contribution in [3.63, 3.8) is 0 Å². The maximum absolute atomic E-state index is 12.6. The summed E-state index contributed by atoms with van der Waals surface area (Å²) in [4.78, 5) is 23.6. The SMILES string of the molecule is CC(=O)Nc1ccc(-n2nc(Br)c3ccccc3c2=O)cc1. The Balaban J connectivity index is 2.12. The van der Waals surface area contributed by atoms with E-state index in [1.165, 1.54) is 11.6 Å². The van der Waals surface area contributed by atoms with Crippen LogP contribution in [0.5, 0.6) is 0 Å². The van der Waals surface area contributed by atoms with Gasteiger partial charge in [-0.2, -0.15) is 9.78 Å². The number of carbonyl (C=O) groups is 1. The molecule has 0 spiro atoms. The fourth-order valence-electron chi connectivity index (χ4n) is 2.21. The summed E-state index contributed by atoms with van der Waals surface area (Å²) in [5, 5.41) is 8.35. The van der Waals surface area contributed by atoms with Gasteiger partial charge in [0.25, 0.3) is 5.56 Å². The predicted molar refractivity (Wildman–Crippen MR) is 89.3 cm³/mol. The molecular formula is C16H12BrN3O2. The van der Waals surface area contributed by atoms with Crippen LogP contribution in [0.1, 0.15) is 6.92 Å². The van der Waals surface area contributed by atoms with Crippen LogP contribution in [0.4, 0.5) is 5.69 Å². The highest BCUT2D eigenvalue weighted by molar-refractivity contribution is 9.10. The van der Waals surface area contributed by atoms with Crippen molar-refractivity contribution in [3.8, 4) is 5.69 Å². The minimum absolute atomic E-state index is 0.142. The van der Waals surface area contributed by atoms with E-state index in [1.807, 2.05) is 18.2 Å². The fourth-order valence-corrected chi connectivity index (χ4v) is 2.72. The molecule has 5 nitrogen and oxygen atoms in total. The molecule has 1 N–H and O–H groups in total. The Bertz CT molecular complexity index is 917. The molecule has 3 rings (SSSR count). The number of fused-ring (bicyclic) bond motifs is 1. The Hall–Kier alpha value is -2.47. The van der Waals surface area contributed by atoms with Crippen LogP contribution in [-0.4, -0.2) is 15.7 Å². The lowest BCUT2D eigenvalue weighted by molar-refractivity contribution is -0.114. The summed E-state index contributed by atoms with van der Waals surface area (Å²) in [5.74, 6) is -0.142. The number of carbonyl (C=O) groups excluding carboxylic acids is 1. The highest BCUT2D eigenvalue weighted by Crippen LogP contribution is 2.20. The lowest BCUT2D eigenvalue weighted by Crippen LogP contribution is -2.21. The van der Waals surface area contributed by atoms with Crippen LogP contribution in [0.25, 0.3) is 16.5 Å². The van der Waals surface area contributed by atoms with Crippen molar-refractivity contribution >= 4 is 38.3 Å². The average Bonchev–Trinajstić information content (AvgIpc) is 2.51. The molecular weight excluding hydrogens is 346 g/mol. The molecule has 0 saturated heterocycles. The quantitative estimate of drug-likeness (QED) is 0.766. The van der Waals surface area contributed by atoms with Crippen molar-refractivity contribution in [2.75, 3.05) is 5.32 Å². The normalized spacial score (nSPS) is 10.6. The van der Waals surface area contributed by atoms with Crippen molar-refractivity contribution in [1.82, 2.24) is 9.78 Å². The maximum atomic E-state index is 12.6. The van der Waals surface area contributed by atoms with E-state index in [4.69, 9.17) is 0 Å². The van der Waals surface area contributed by atoms with Gasteiger partial charge in [-0.3, -0.25) is 9.59 Å². The molecule has 0 aliphatic rings. The largest absolute Gasteiger partial charge is 0.326 e. The van der Waals surface area contributed by atoms with Gasteiger partial charge in [0.05, 0.1) is 11.1 Å². The first-order valence-corrected chi connectivity index (χ1v) is 7.41. The highest BCUT2D eigenvalue weighted by atomic mass is 79.9. The first-order valence-electron chi connectivity index (χ1n) is 6.62. The predicted octanol–water partition coefficient (Wildman–Crippen LogP) is 3.11. The molecule has 0 bridgehead atoms. The van der Waals surface area contributed by atoms with E-state index in [2.05, 4.69) is 26.3 Å². The molecule has 1 amide bonds. The van der Waals surface area contributed by atoms with E-state index in [-0.39, 0.29) is 11.5 Å². The molecule has 0 radical (unpaired) electrons. The lowest BCUT2D eigenvalue weighted by atomic mass is 10.2. The Morgan fingerprint density at radius 1 is 1.09 bits per heavy atom. The molecule has 22 heavy (non-hydrogen) atoms. The summed E-state index contributed by atoms with van der Waals surface area (Å²) in [7, 11) is 0. The number of aromatic nitrogens is 2. The molecule has 3 aromatic rings. The number of nitrogens with zero attached hydrogens (tertiary/aromatic N) is 2. The third-order valence-electron chi connectivity index (χ3n) is 3.19. The van der Waals surface area contributed by atoms with Gasteiger partial charge in [0.1, 0.15) is 4.60 Å². The Morgan fingerprint density at radius 2 is 1.73 bits per heavy atom. The molecule has 2 aromatic carbocycles. The number of benzene rings is 2. The molecule has 6 heteroatoms. The van der Waals surface area contributed by atoms with Crippen LogP contribution in [-0.2, 0) is 4.79 Å². The molecule has 1 aromatic heterocycles. The summed E-state index contributed by atoms with van der Waals surface area (Å²) in [6.07, 6.45) is 0. The van der Waals surface area contributed by atoms with Crippen LogP contribution >= 0.6 is 15.9 Å². The van der Waals surface area contributed by atoms with E-state index in [1.54, 1.807) is 30.3 Å². The molecule has 0 saturated carbocycles. The minimum Gasteiger partial charge on any atom is -0.326 e. The number of hydrogen-bond donors (Lipinski definition) is 1. The van der Waals surface area contributed by atoms with Gasteiger partial charge in [0.15, 0.2) is 0 Å². The van der Waals surface area contributed by atoms with Gasteiger partial charge in [-0.05, 0) is 46.3 Å². The van der Waals surface area contributed by atoms with Crippen LogP contribution in [0.15, 0.2) is 57.9 Å². The van der Waals surface area contributed by atoms with Crippen molar-refractivity contribution in [2.24, 2.45) is 0 Å². The van der Waals surface area contributed by atoms with Gasteiger partial charge < -0.3 is 5.32 Å². The number of nitrogens with one attached hydrogen (secondary N) is 1. The van der Waals surface area contributed by atoms with Gasteiger partial charge >= 0.3 is 0 Å². The van der Waals surface area contributed by atoms with Gasteiger partial charge in [-0.1, -0.05) is 18.2 Å². The van der Waals surface area contributed by atoms with E-state index < -0.39 is 0 Å². The molecule has 0 unspecified atom stereocenters. The number of hydrogen-bond acceptors (Lipinski definition) is 3. The third-order valence-corrected chi connectivity index (χ3v) is 3.78. The second-order valence-electron chi connectivity index (χ2n) is 4.78. The van der Waals surface area contributed by atoms with Crippen molar-refractivity contribution in [1.29, 1.82) is 0 Å². The number of rotatable bonds is 2.